The largest absolute Gasteiger partial charge is 0.384 e. The maximum atomic E-state index is 4.82. The van der Waals surface area contributed by atoms with E-state index in [-0.39, 0.29) is 12.4 Å². The van der Waals surface area contributed by atoms with Crippen LogP contribution in [0.25, 0.3) is 43.6 Å². The third-order valence-corrected chi connectivity index (χ3v) is 6.84. The summed E-state index contributed by atoms with van der Waals surface area (Å²) < 4.78 is 0. The Morgan fingerprint density at radius 1 is 0.421 bits per heavy atom. The maximum Gasteiger partial charge on any atom is 0.0730 e. The molecule has 5 nitrogen and oxygen atoms in total. The van der Waals surface area contributed by atoms with Gasteiger partial charge in [0.25, 0.3) is 0 Å². The second-order valence-corrected chi connectivity index (χ2v) is 9.35. The molecule has 0 unspecified atom stereocenters. The molecule has 0 amide bonds. The summed E-state index contributed by atoms with van der Waals surface area (Å²) in [6, 6.07) is 33.4. The summed E-state index contributed by atoms with van der Waals surface area (Å²) in [6.07, 6.45) is 2.11. The molecule has 2 heterocycles. The molecule has 0 aliphatic rings. The number of hydrogen-bond donors (Lipinski definition) is 3. The van der Waals surface area contributed by atoms with Gasteiger partial charge in [0, 0.05) is 34.6 Å². The fraction of sp³-hybridized carbons (Fsp3) is 0.188. The minimum absolute atomic E-state index is 0. The lowest BCUT2D eigenvalue weighted by atomic mass is 10.1. The van der Waals surface area contributed by atoms with Gasteiger partial charge in [0.2, 0.25) is 0 Å². The Labute approximate surface area is 229 Å². The average molecular weight is 522 g/mol. The number of para-hydroxylation sites is 4. The zero-order valence-electron chi connectivity index (χ0n) is 21.3. The second kappa shape index (κ2) is 12.1. The number of anilines is 2. The van der Waals surface area contributed by atoms with Gasteiger partial charge >= 0.3 is 0 Å². The van der Waals surface area contributed by atoms with Crippen molar-refractivity contribution in [2.45, 2.75) is 12.8 Å². The number of nitrogens with one attached hydrogen (secondary N) is 3. The molecule has 2 aromatic heterocycles. The molecule has 38 heavy (non-hydrogen) atoms. The van der Waals surface area contributed by atoms with Gasteiger partial charge < -0.3 is 16.0 Å². The Bertz CT molecular complexity index is 1450. The Kier molecular flexibility index (Phi) is 8.17. The van der Waals surface area contributed by atoms with Crippen LogP contribution in [-0.4, -0.2) is 36.1 Å². The molecule has 0 spiro atoms. The highest BCUT2D eigenvalue weighted by Crippen LogP contribution is 2.31. The van der Waals surface area contributed by atoms with E-state index >= 15 is 0 Å². The van der Waals surface area contributed by atoms with Crippen LogP contribution in [0.2, 0.25) is 0 Å². The number of halogens is 1. The van der Waals surface area contributed by atoms with E-state index < -0.39 is 0 Å². The highest BCUT2D eigenvalue weighted by atomic mass is 35.5. The van der Waals surface area contributed by atoms with Crippen LogP contribution in [0.4, 0.5) is 11.4 Å². The van der Waals surface area contributed by atoms with E-state index in [1.54, 1.807) is 0 Å². The van der Waals surface area contributed by atoms with Crippen LogP contribution >= 0.6 is 12.4 Å². The number of aromatic nitrogens is 2. The van der Waals surface area contributed by atoms with Crippen molar-refractivity contribution < 1.29 is 0 Å². The molecule has 0 atom stereocenters. The van der Waals surface area contributed by atoms with Crippen molar-refractivity contribution in [3.63, 3.8) is 0 Å². The molecule has 3 N–H and O–H groups in total. The van der Waals surface area contributed by atoms with Crippen molar-refractivity contribution in [3.8, 4) is 0 Å². The topological polar surface area (TPSA) is 61.9 Å². The third kappa shape index (κ3) is 5.35. The van der Waals surface area contributed by atoms with Gasteiger partial charge in [-0.3, -0.25) is 0 Å². The van der Waals surface area contributed by atoms with E-state index in [4.69, 9.17) is 9.97 Å². The summed E-state index contributed by atoms with van der Waals surface area (Å²) in [5.41, 5.74) is 6.49. The first-order chi connectivity index (χ1) is 18.4. The van der Waals surface area contributed by atoms with Gasteiger partial charge in [-0.1, -0.05) is 72.8 Å². The standard InChI is InChI=1S/C32H31N5.ClH/c1-5-15-27-23(11-1)31(24-12-2-6-16-28(24)36-27)34-21-9-19-33-20-10-22-35-32-25-13-3-7-17-29(25)37-30-18-8-4-14-26(30)32;/h1-8,11-18,33H,9-10,19-22H2,(H,34,36)(H,35,37);1H. The van der Waals surface area contributed by atoms with Crippen molar-refractivity contribution in [1.29, 1.82) is 0 Å². The molecule has 192 valence electrons. The number of fused-ring (bicyclic) bond motifs is 4. The van der Waals surface area contributed by atoms with E-state index in [9.17, 15) is 0 Å². The Morgan fingerprint density at radius 3 is 1.08 bits per heavy atom. The number of hydrogen-bond acceptors (Lipinski definition) is 5. The zero-order chi connectivity index (χ0) is 24.9. The summed E-state index contributed by atoms with van der Waals surface area (Å²) in [5, 5.41) is 15.7. The van der Waals surface area contributed by atoms with E-state index in [0.717, 1.165) is 61.1 Å². The fourth-order valence-electron chi connectivity index (χ4n) is 5.04. The molecule has 6 aromatic rings. The molecule has 4 aromatic carbocycles. The summed E-state index contributed by atoms with van der Waals surface area (Å²) in [4.78, 5) is 9.64. The lowest BCUT2D eigenvalue weighted by Gasteiger charge is -2.14. The fourth-order valence-corrected chi connectivity index (χ4v) is 5.04. The number of pyridine rings is 2. The van der Waals surface area contributed by atoms with Gasteiger partial charge in [0.15, 0.2) is 0 Å². The van der Waals surface area contributed by atoms with Gasteiger partial charge in [-0.05, 0) is 50.2 Å². The van der Waals surface area contributed by atoms with Crippen LogP contribution in [0.15, 0.2) is 97.1 Å². The van der Waals surface area contributed by atoms with Gasteiger partial charge in [-0.25, -0.2) is 9.97 Å². The van der Waals surface area contributed by atoms with Gasteiger partial charge in [0.1, 0.15) is 0 Å². The van der Waals surface area contributed by atoms with Crippen molar-refractivity contribution >= 4 is 67.4 Å². The van der Waals surface area contributed by atoms with Crippen LogP contribution < -0.4 is 16.0 Å². The predicted octanol–water partition coefficient (Wildman–Crippen LogP) is 7.41. The molecular formula is C32H32ClN5. The first-order valence-electron chi connectivity index (χ1n) is 13.1. The Balaban J connectivity index is 0.00000294. The van der Waals surface area contributed by atoms with Crippen LogP contribution in [-0.2, 0) is 0 Å². The summed E-state index contributed by atoms with van der Waals surface area (Å²) in [7, 11) is 0. The number of nitrogens with zero attached hydrogens (tertiary/aromatic N) is 2. The Morgan fingerprint density at radius 2 is 0.737 bits per heavy atom. The monoisotopic (exact) mass is 521 g/mol. The van der Waals surface area contributed by atoms with E-state index in [1.165, 1.54) is 32.9 Å². The SMILES string of the molecule is Cl.c1ccc2c(NCCCNCCCNc3c4ccccc4nc4ccccc34)c3ccccc3nc2c1. The smallest absolute Gasteiger partial charge is 0.0730 e. The van der Waals surface area contributed by atoms with Crippen molar-refractivity contribution in [1.82, 2.24) is 15.3 Å². The molecule has 6 heteroatoms. The molecular weight excluding hydrogens is 490 g/mol. The number of rotatable bonds is 10. The number of benzene rings is 4. The molecule has 0 saturated heterocycles. The maximum absolute atomic E-state index is 4.82. The normalized spacial score (nSPS) is 11.2. The van der Waals surface area contributed by atoms with Crippen molar-refractivity contribution in [2.24, 2.45) is 0 Å². The minimum Gasteiger partial charge on any atom is -0.384 e. The molecule has 0 fully saturated rings. The van der Waals surface area contributed by atoms with Crippen molar-refractivity contribution in [2.75, 3.05) is 36.8 Å². The zero-order valence-corrected chi connectivity index (χ0v) is 22.1. The Hall–Kier alpha value is -3.93. The van der Waals surface area contributed by atoms with E-state index in [1.807, 2.05) is 24.3 Å². The van der Waals surface area contributed by atoms with Crippen LogP contribution in [0, 0.1) is 0 Å². The molecule has 0 aliphatic carbocycles. The van der Waals surface area contributed by atoms with Crippen LogP contribution in [0.3, 0.4) is 0 Å². The van der Waals surface area contributed by atoms with Gasteiger partial charge in [-0.2, -0.15) is 0 Å². The highest BCUT2D eigenvalue weighted by Gasteiger charge is 2.09. The molecule has 0 aliphatic heterocycles. The third-order valence-electron chi connectivity index (χ3n) is 6.84. The second-order valence-electron chi connectivity index (χ2n) is 9.35. The van der Waals surface area contributed by atoms with Crippen molar-refractivity contribution in [3.05, 3.63) is 97.1 Å². The molecule has 0 radical (unpaired) electrons. The summed E-state index contributed by atoms with van der Waals surface area (Å²) in [6.45, 7) is 3.79. The van der Waals surface area contributed by atoms with Gasteiger partial charge in [-0.15, -0.1) is 12.4 Å². The quantitative estimate of drug-likeness (QED) is 0.129. The lowest BCUT2D eigenvalue weighted by molar-refractivity contribution is 0.643. The first-order valence-corrected chi connectivity index (χ1v) is 13.1. The highest BCUT2D eigenvalue weighted by molar-refractivity contribution is 6.08. The van der Waals surface area contributed by atoms with Crippen LogP contribution in [0.5, 0.6) is 0 Å². The minimum atomic E-state index is 0. The molecule has 0 saturated carbocycles. The first kappa shape index (κ1) is 25.7. The van der Waals surface area contributed by atoms with Crippen LogP contribution in [0.1, 0.15) is 12.8 Å². The van der Waals surface area contributed by atoms with Gasteiger partial charge in [0.05, 0.1) is 33.4 Å². The average Bonchev–Trinajstić information content (AvgIpc) is 2.95. The molecule has 0 bridgehead atoms. The lowest BCUT2D eigenvalue weighted by Crippen LogP contribution is -2.21. The predicted molar refractivity (Wildman–Crippen MR) is 165 cm³/mol. The summed E-state index contributed by atoms with van der Waals surface area (Å²) in [5.74, 6) is 0. The van der Waals surface area contributed by atoms with E-state index in [0.29, 0.717) is 0 Å². The molecule has 6 rings (SSSR count). The summed E-state index contributed by atoms with van der Waals surface area (Å²) >= 11 is 0. The van der Waals surface area contributed by atoms with E-state index in [2.05, 4.69) is 88.7 Å².